The van der Waals surface area contributed by atoms with Gasteiger partial charge in [-0.05, 0) is 31.9 Å². The molecule has 1 fully saturated rings. The van der Waals surface area contributed by atoms with E-state index in [1.807, 2.05) is 12.1 Å². The molecule has 1 aliphatic carbocycles. The lowest BCUT2D eigenvalue weighted by atomic mass is 9.81. The molecule has 0 saturated heterocycles. The molecule has 0 aromatic carbocycles. The van der Waals surface area contributed by atoms with Crippen LogP contribution in [0.3, 0.4) is 0 Å². The molecular weight excluding hydrogens is 388 g/mol. The van der Waals surface area contributed by atoms with Gasteiger partial charge in [-0.1, -0.05) is 19.3 Å². The molecule has 0 radical (unpaired) electrons. The molecule has 0 N–H and O–H groups in total. The average Bonchev–Trinajstić information content (AvgIpc) is 3.22. The molecule has 2 heterocycles. The molecule has 2 aromatic heterocycles. The van der Waals surface area contributed by atoms with Crippen LogP contribution in [0.1, 0.15) is 44.7 Å². The molecule has 0 aliphatic heterocycles. The summed E-state index contributed by atoms with van der Waals surface area (Å²) in [6, 6.07) is 6.05. The summed E-state index contributed by atoms with van der Waals surface area (Å²) in [5, 5.41) is 12.2. The monoisotopic (exact) mass is 412 g/mol. The van der Waals surface area contributed by atoms with Crippen LogP contribution in [0.15, 0.2) is 29.9 Å². The van der Waals surface area contributed by atoms with Crippen molar-refractivity contribution in [2.45, 2.75) is 57.1 Å². The van der Waals surface area contributed by atoms with E-state index in [1.165, 1.54) is 16.2 Å². The molecule has 3 rings (SSSR count). The highest BCUT2D eigenvalue weighted by Crippen LogP contribution is 2.33. The average molecular weight is 413 g/mol. The van der Waals surface area contributed by atoms with Crippen molar-refractivity contribution in [3.63, 3.8) is 0 Å². The van der Waals surface area contributed by atoms with Gasteiger partial charge in [-0.3, -0.25) is 14.6 Å². The first-order valence-electron chi connectivity index (χ1n) is 9.68. The number of hydrogen-bond acceptors (Lipinski definition) is 7. The second-order valence-electron chi connectivity index (χ2n) is 7.30. The number of pyridine rings is 1. The van der Waals surface area contributed by atoms with E-state index >= 15 is 0 Å². The summed E-state index contributed by atoms with van der Waals surface area (Å²) >= 11 is 1.43. The largest absolute Gasteiger partial charge is 0.452 e. The molecule has 7 nitrogen and oxygen atoms in total. The predicted molar refractivity (Wildman–Crippen MR) is 109 cm³/mol. The van der Waals surface area contributed by atoms with Gasteiger partial charge in [0, 0.05) is 30.4 Å². The number of amides is 1. The molecule has 1 saturated carbocycles. The van der Waals surface area contributed by atoms with E-state index in [1.54, 1.807) is 31.7 Å². The zero-order valence-electron chi connectivity index (χ0n) is 16.6. The summed E-state index contributed by atoms with van der Waals surface area (Å²) in [4.78, 5) is 35.1. The SMILES string of the molecule is C[C@H](OC(=O)Cc1csc(-c2cccnc2)n1)C(=O)N(C)C1(C#N)CCCCC1. The molecule has 29 heavy (non-hydrogen) atoms. The van der Waals surface area contributed by atoms with Crippen LogP contribution in [0.2, 0.25) is 0 Å². The summed E-state index contributed by atoms with van der Waals surface area (Å²) in [6.07, 6.45) is 6.67. The van der Waals surface area contributed by atoms with Crippen LogP contribution in [0.25, 0.3) is 10.6 Å². The Labute approximate surface area is 174 Å². The Balaban J connectivity index is 1.58. The summed E-state index contributed by atoms with van der Waals surface area (Å²) in [5.74, 6) is -0.868. The van der Waals surface area contributed by atoms with Crippen molar-refractivity contribution < 1.29 is 14.3 Å². The van der Waals surface area contributed by atoms with Crippen molar-refractivity contribution in [1.82, 2.24) is 14.9 Å². The zero-order chi connectivity index (χ0) is 20.9. The molecule has 152 valence electrons. The van der Waals surface area contributed by atoms with Gasteiger partial charge in [-0.15, -0.1) is 11.3 Å². The number of hydrogen-bond donors (Lipinski definition) is 0. The van der Waals surface area contributed by atoms with Gasteiger partial charge in [0.25, 0.3) is 5.91 Å². The molecular formula is C21H24N4O3S. The van der Waals surface area contributed by atoms with Crippen LogP contribution in [0.4, 0.5) is 0 Å². The second-order valence-corrected chi connectivity index (χ2v) is 8.15. The maximum absolute atomic E-state index is 12.8. The van der Waals surface area contributed by atoms with Crippen LogP contribution in [-0.4, -0.2) is 45.4 Å². The van der Waals surface area contributed by atoms with Gasteiger partial charge in [-0.2, -0.15) is 5.26 Å². The summed E-state index contributed by atoms with van der Waals surface area (Å²) in [5.41, 5.74) is 0.674. The smallest absolute Gasteiger partial charge is 0.312 e. The van der Waals surface area contributed by atoms with Crippen LogP contribution in [0, 0.1) is 11.3 Å². The molecule has 1 amide bonds. The Kier molecular flexibility index (Phi) is 6.60. The third-order valence-corrected chi connectivity index (χ3v) is 6.24. The summed E-state index contributed by atoms with van der Waals surface area (Å²) < 4.78 is 5.35. The predicted octanol–water partition coefficient (Wildman–Crippen LogP) is 3.36. The number of esters is 1. The van der Waals surface area contributed by atoms with E-state index in [0.29, 0.717) is 18.5 Å². The lowest BCUT2D eigenvalue weighted by Gasteiger charge is -2.39. The van der Waals surface area contributed by atoms with Crippen LogP contribution in [-0.2, 0) is 20.7 Å². The van der Waals surface area contributed by atoms with Gasteiger partial charge in [0.05, 0.1) is 18.2 Å². The number of nitriles is 1. The Morgan fingerprint density at radius 2 is 2.14 bits per heavy atom. The Hall–Kier alpha value is -2.79. The normalized spacial score (nSPS) is 16.4. The van der Waals surface area contributed by atoms with Crippen molar-refractivity contribution in [1.29, 1.82) is 5.26 Å². The number of nitrogens with zero attached hydrogens (tertiary/aromatic N) is 4. The van der Waals surface area contributed by atoms with Crippen LogP contribution in [0.5, 0.6) is 0 Å². The maximum Gasteiger partial charge on any atom is 0.312 e. The molecule has 8 heteroatoms. The Morgan fingerprint density at radius 1 is 1.38 bits per heavy atom. The number of thiazole rings is 1. The third-order valence-electron chi connectivity index (χ3n) is 5.30. The minimum absolute atomic E-state index is 0.0124. The number of ether oxygens (including phenoxy) is 1. The quantitative estimate of drug-likeness (QED) is 0.675. The van der Waals surface area contributed by atoms with Crippen LogP contribution < -0.4 is 0 Å². The number of carbonyl (C=O) groups excluding carboxylic acids is 2. The minimum atomic E-state index is -0.948. The minimum Gasteiger partial charge on any atom is -0.452 e. The molecule has 0 bridgehead atoms. The molecule has 0 unspecified atom stereocenters. The van der Waals surface area contributed by atoms with E-state index < -0.39 is 17.6 Å². The summed E-state index contributed by atoms with van der Waals surface area (Å²) in [6.45, 7) is 1.55. The van der Waals surface area contributed by atoms with Gasteiger partial charge in [0.2, 0.25) is 0 Å². The van der Waals surface area contributed by atoms with Gasteiger partial charge in [-0.25, -0.2) is 4.98 Å². The molecule has 1 atom stereocenters. The van der Waals surface area contributed by atoms with Gasteiger partial charge in [0.1, 0.15) is 10.5 Å². The van der Waals surface area contributed by atoms with Crippen molar-refractivity contribution in [3.8, 4) is 16.6 Å². The first-order chi connectivity index (χ1) is 13.9. The molecule has 1 aliphatic rings. The fraction of sp³-hybridized carbons (Fsp3) is 0.476. The van der Waals surface area contributed by atoms with Crippen molar-refractivity contribution in [2.75, 3.05) is 7.05 Å². The van der Waals surface area contributed by atoms with Gasteiger partial charge in [0.15, 0.2) is 6.10 Å². The number of rotatable bonds is 6. The Morgan fingerprint density at radius 3 is 2.79 bits per heavy atom. The third kappa shape index (κ3) is 4.80. The Bertz CT molecular complexity index is 900. The highest BCUT2D eigenvalue weighted by molar-refractivity contribution is 7.13. The lowest BCUT2D eigenvalue weighted by Crippen LogP contribution is -2.53. The lowest BCUT2D eigenvalue weighted by molar-refractivity contribution is -0.160. The van der Waals surface area contributed by atoms with Crippen molar-refractivity contribution in [3.05, 3.63) is 35.6 Å². The number of likely N-dealkylation sites (N-methyl/N-ethyl adjacent to an activating group) is 1. The van der Waals surface area contributed by atoms with E-state index in [-0.39, 0.29) is 12.3 Å². The highest BCUT2D eigenvalue weighted by Gasteiger charge is 2.40. The van der Waals surface area contributed by atoms with Crippen molar-refractivity contribution >= 4 is 23.2 Å². The highest BCUT2D eigenvalue weighted by atomic mass is 32.1. The van der Waals surface area contributed by atoms with E-state index in [2.05, 4.69) is 16.0 Å². The number of carbonyl (C=O) groups is 2. The van der Waals surface area contributed by atoms with E-state index in [0.717, 1.165) is 29.8 Å². The van der Waals surface area contributed by atoms with Crippen molar-refractivity contribution in [2.24, 2.45) is 0 Å². The zero-order valence-corrected chi connectivity index (χ0v) is 17.4. The first-order valence-corrected chi connectivity index (χ1v) is 10.6. The maximum atomic E-state index is 12.8. The number of aromatic nitrogens is 2. The molecule has 0 spiro atoms. The fourth-order valence-electron chi connectivity index (χ4n) is 3.59. The second kappa shape index (κ2) is 9.14. The topological polar surface area (TPSA) is 96.2 Å². The summed E-state index contributed by atoms with van der Waals surface area (Å²) in [7, 11) is 1.63. The standard InChI is InChI=1S/C21H24N4O3S/c1-15(20(27)25(2)21(14-22)8-4-3-5-9-21)28-18(26)11-17-13-29-19(24-17)16-7-6-10-23-12-16/h6-7,10,12-13,15H,3-5,8-9,11H2,1-2H3/t15-/m0/s1. The molecule has 2 aromatic rings. The fourth-order valence-corrected chi connectivity index (χ4v) is 4.40. The first kappa shape index (κ1) is 20.9. The van der Waals surface area contributed by atoms with E-state index in [9.17, 15) is 14.9 Å². The van der Waals surface area contributed by atoms with Crippen LogP contribution >= 0.6 is 11.3 Å². The van der Waals surface area contributed by atoms with E-state index in [4.69, 9.17) is 4.74 Å². The van der Waals surface area contributed by atoms with Gasteiger partial charge < -0.3 is 9.64 Å². The van der Waals surface area contributed by atoms with Gasteiger partial charge >= 0.3 is 5.97 Å².